The molecule has 0 saturated heterocycles. The standard InChI is InChI=1S/C31H48FN5O10P2/c1-28(2,3)44-48(40,45-29(4,5)6)42-18-35-17-22(23-15-21(20-13-14-20)25-33-16-24(32)37(25)34-23)26(38)36(27(35)39)19-43-49(41,46-30(7,8)9)47-31(10,11)12/h15-17,20H,13-14,18-19H2,1-12H3. The van der Waals surface area contributed by atoms with Crippen molar-refractivity contribution in [1.82, 2.24) is 23.7 Å². The molecular formula is C31H48FN5O10P2. The third-order valence-electron chi connectivity index (χ3n) is 6.23. The lowest BCUT2D eigenvalue weighted by atomic mass is 10.1. The molecule has 274 valence electrons. The molecule has 15 nitrogen and oxygen atoms in total. The first-order valence-electron chi connectivity index (χ1n) is 15.9. The average Bonchev–Trinajstić information content (AvgIpc) is 3.65. The topological polar surface area (TPSA) is 164 Å². The quantitative estimate of drug-likeness (QED) is 0.173. The molecule has 0 amide bonds. The second-order valence-electron chi connectivity index (χ2n) is 15.8. The summed E-state index contributed by atoms with van der Waals surface area (Å²) >= 11 is 0. The fourth-order valence-electron chi connectivity index (χ4n) is 4.57. The van der Waals surface area contributed by atoms with E-state index in [0.29, 0.717) is 15.8 Å². The van der Waals surface area contributed by atoms with Crippen molar-refractivity contribution in [3.05, 3.63) is 50.8 Å². The summed E-state index contributed by atoms with van der Waals surface area (Å²) in [6, 6.07) is 1.61. The smallest absolute Gasteiger partial charge is 0.281 e. The van der Waals surface area contributed by atoms with Crippen molar-refractivity contribution in [3.63, 3.8) is 0 Å². The SMILES string of the molecule is CC(C)(C)OP(=O)(OCn1cc(-c2cc(C3CC3)c3ncc(F)n3n2)c(=O)n(COP(=O)(OC(C)(C)C)OC(C)(C)C)c1=O)OC(C)(C)C. The molecule has 0 bridgehead atoms. The van der Waals surface area contributed by atoms with E-state index in [4.69, 9.17) is 27.1 Å². The molecule has 0 N–H and O–H groups in total. The molecule has 4 rings (SSSR count). The highest BCUT2D eigenvalue weighted by Crippen LogP contribution is 2.56. The molecule has 0 unspecified atom stereocenters. The number of phosphoric ester groups is 2. The van der Waals surface area contributed by atoms with E-state index >= 15 is 0 Å². The molecule has 1 aliphatic rings. The van der Waals surface area contributed by atoms with Gasteiger partial charge in [0.25, 0.3) is 5.56 Å². The van der Waals surface area contributed by atoms with E-state index in [1.165, 1.54) is 0 Å². The lowest BCUT2D eigenvalue weighted by Crippen LogP contribution is -2.41. The van der Waals surface area contributed by atoms with Crippen molar-refractivity contribution < 1.29 is 40.7 Å². The highest BCUT2D eigenvalue weighted by atomic mass is 31.2. The molecule has 0 aromatic carbocycles. The molecular weight excluding hydrogens is 683 g/mol. The second-order valence-corrected chi connectivity index (χ2v) is 18.9. The lowest BCUT2D eigenvalue weighted by molar-refractivity contribution is -0.00823. The van der Waals surface area contributed by atoms with Gasteiger partial charge >= 0.3 is 21.3 Å². The predicted molar refractivity (Wildman–Crippen MR) is 180 cm³/mol. The number of aromatic nitrogens is 5. The van der Waals surface area contributed by atoms with Gasteiger partial charge < -0.3 is 0 Å². The van der Waals surface area contributed by atoms with Crippen LogP contribution in [0.1, 0.15) is 107 Å². The van der Waals surface area contributed by atoms with Crippen LogP contribution in [0.2, 0.25) is 0 Å². The van der Waals surface area contributed by atoms with Crippen molar-refractivity contribution in [3.8, 4) is 11.3 Å². The van der Waals surface area contributed by atoms with Crippen LogP contribution in [0.25, 0.3) is 16.9 Å². The van der Waals surface area contributed by atoms with Gasteiger partial charge in [0, 0.05) is 11.8 Å². The first kappa shape index (κ1) is 39.2. The predicted octanol–water partition coefficient (Wildman–Crippen LogP) is 7.16. The van der Waals surface area contributed by atoms with Crippen LogP contribution in [0, 0.1) is 5.95 Å². The van der Waals surface area contributed by atoms with Crippen LogP contribution in [0.5, 0.6) is 0 Å². The molecule has 0 atom stereocenters. The van der Waals surface area contributed by atoms with E-state index in [-0.39, 0.29) is 17.2 Å². The number of hydrogen-bond donors (Lipinski definition) is 0. The van der Waals surface area contributed by atoms with Gasteiger partial charge in [-0.2, -0.15) is 14.0 Å². The van der Waals surface area contributed by atoms with Crippen molar-refractivity contribution in [2.24, 2.45) is 0 Å². The van der Waals surface area contributed by atoms with E-state index in [2.05, 4.69) is 10.1 Å². The van der Waals surface area contributed by atoms with Crippen molar-refractivity contribution >= 4 is 21.3 Å². The molecule has 0 spiro atoms. The minimum Gasteiger partial charge on any atom is -0.281 e. The van der Waals surface area contributed by atoms with Crippen LogP contribution in [-0.4, -0.2) is 46.1 Å². The lowest BCUT2D eigenvalue weighted by Gasteiger charge is -2.31. The van der Waals surface area contributed by atoms with Crippen molar-refractivity contribution in [2.75, 3.05) is 0 Å². The molecule has 1 aliphatic carbocycles. The Bertz CT molecular complexity index is 1870. The maximum absolute atomic E-state index is 14.8. The van der Waals surface area contributed by atoms with Gasteiger partial charge in [-0.15, -0.1) is 0 Å². The summed E-state index contributed by atoms with van der Waals surface area (Å²) in [5.41, 5.74) is -5.04. The number of halogens is 1. The maximum Gasteiger partial charge on any atom is 0.477 e. The van der Waals surface area contributed by atoms with Gasteiger partial charge in [-0.1, -0.05) is 0 Å². The van der Waals surface area contributed by atoms with Crippen molar-refractivity contribution in [1.29, 1.82) is 0 Å². The highest BCUT2D eigenvalue weighted by Gasteiger charge is 2.39. The first-order chi connectivity index (χ1) is 22.2. The first-order valence-corrected chi connectivity index (χ1v) is 18.8. The monoisotopic (exact) mass is 731 g/mol. The Morgan fingerprint density at radius 3 is 1.71 bits per heavy atom. The van der Waals surface area contributed by atoms with Crippen LogP contribution in [-0.2, 0) is 49.7 Å². The Morgan fingerprint density at radius 2 is 1.27 bits per heavy atom. The molecule has 49 heavy (non-hydrogen) atoms. The number of imidazole rings is 1. The minimum atomic E-state index is -4.40. The van der Waals surface area contributed by atoms with Gasteiger partial charge in [-0.25, -0.2) is 23.5 Å². The zero-order valence-electron chi connectivity index (χ0n) is 30.2. The molecule has 1 fully saturated rings. The normalized spacial score (nSPS) is 15.4. The van der Waals surface area contributed by atoms with Crippen molar-refractivity contribution in [2.45, 2.75) is 138 Å². The van der Waals surface area contributed by atoms with Crippen LogP contribution >= 0.6 is 15.6 Å². The van der Waals surface area contributed by atoms with Gasteiger partial charge in [0.1, 0.15) is 13.5 Å². The van der Waals surface area contributed by atoms with Crippen LogP contribution in [0.3, 0.4) is 0 Å². The molecule has 3 aromatic heterocycles. The van der Waals surface area contributed by atoms with Crippen LogP contribution in [0.4, 0.5) is 4.39 Å². The largest absolute Gasteiger partial charge is 0.477 e. The zero-order chi connectivity index (χ0) is 37.0. The van der Waals surface area contributed by atoms with Gasteiger partial charge in [0.05, 0.1) is 39.9 Å². The molecule has 0 radical (unpaired) electrons. The van der Waals surface area contributed by atoms with Gasteiger partial charge in [0.15, 0.2) is 5.65 Å². The minimum absolute atomic E-state index is 0.0129. The van der Waals surface area contributed by atoms with Gasteiger partial charge in [-0.05, 0) is 108 Å². The summed E-state index contributed by atoms with van der Waals surface area (Å²) in [6.45, 7) is 18.1. The average molecular weight is 732 g/mol. The van der Waals surface area contributed by atoms with E-state index < -0.39 is 68.7 Å². The molecule has 0 aliphatic heterocycles. The van der Waals surface area contributed by atoms with E-state index in [1.54, 1.807) is 89.2 Å². The number of rotatable bonds is 12. The van der Waals surface area contributed by atoms with E-state index in [0.717, 1.165) is 34.3 Å². The van der Waals surface area contributed by atoms with Crippen LogP contribution in [0.15, 0.2) is 28.0 Å². The fraction of sp³-hybridized carbons (Fsp3) is 0.677. The van der Waals surface area contributed by atoms with E-state index in [1.807, 2.05) is 0 Å². The highest BCUT2D eigenvalue weighted by molar-refractivity contribution is 7.48. The number of nitrogens with zero attached hydrogens (tertiary/aromatic N) is 5. The molecule has 1 saturated carbocycles. The summed E-state index contributed by atoms with van der Waals surface area (Å²) in [5.74, 6) is -0.672. The van der Waals surface area contributed by atoms with E-state index in [9.17, 15) is 23.1 Å². The molecule has 3 aromatic rings. The number of phosphoric acid groups is 2. The Morgan fingerprint density at radius 1 is 0.796 bits per heavy atom. The number of fused-ring (bicyclic) bond motifs is 1. The molecule has 3 heterocycles. The fourth-order valence-corrected chi connectivity index (χ4v) is 8.06. The summed E-state index contributed by atoms with van der Waals surface area (Å²) in [6.07, 6.45) is 3.86. The zero-order valence-corrected chi connectivity index (χ0v) is 32.0. The summed E-state index contributed by atoms with van der Waals surface area (Å²) in [4.78, 5) is 32.1. The Kier molecular flexibility index (Phi) is 10.8. The summed E-state index contributed by atoms with van der Waals surface area (Å²) in [7, 11) is -8.74. The number of hydrogen-bond acceptors (Lipinski definition) is 12. The van der Waals surface area contributed by atoms with Crippen LogP contribution < -0.4 is 11.2 Å². The third kappa shape index (κ3) is 10.7. The Hall–Kier alpha value is -2.55. The van der Waals surface area contributed by atoms with Gasteiger partial charge in [-0.3, -0.25) is 36.5 Å². The summed E-state index contributed by atoms with van der Waals surface area (Å²) in [5, 5.41) is 4.32. The third-order valence-corrected chi connectivity index (χ3v) is 10.2. The molecule has 18 heteroatoms. The maximum atomic E-state index is 14.8. The van der Waals surface area contributed by atoms with Gasteiger partial charge in [0.2, 0.25) is 5.95 Å². The Balaban J connectivity index is 1.87. The Labute approximate surface area is 285 Å². The second kappa shape index (κ2) is 13.5. The summed E-state index contributed by atoms with van der Waals surface area (Å²) < 4.78 is 79.0.